The molecule has 1 atom stereocenters. The van der Waals surface area contributed by atoms with Crippen LogP contribution in [0, 0.1) is 12.7 Å². The second-order valence-corrected chi connectivity index (χ2v) is 5.61. The van der Waals surface area contributed by atoms with Gasteiger partial charge >= 0.3 is 0 Å². The molecule has 0 radical (unpaired) electrons. The molecule has 0 saturated heterocycles. The van der Waals surface area contributed by atoms with Gasteiger partial charge in [-0.15, -0.1) is 5.10 Å². The minimum atomic E-state index is -0.283. The Hall–Kier alpha value is -1.27. The highest BCUT2D eigenvalue weighted by Crippen LogP contribution is 2.26. The van der Waals surface area contributed by atoms with Gasteiger partial charge < -0.3 is 5.73 Å². The zero-order valence-corrected chi connectivity index (χ0v) is 13.4. The average molecular weight is 341 g/mol. The van der Waals surface area contributed by atoms with Gasteiger partial charge in [-0.2, -0.15) is 0 Å². The number of benzene rings is 1. The number of nitrogens with two attached hydrogens (primary N) is 1. The second-order valence-electron chi connectivity index (χ2n) is 4.75. The summed E-state index contributed by atoms with van der Waals surface area (Å²) in [4.78, 5) is 0. The first-order chi connectivity index (χ1) is 9.49. The maximum absolute atomic E-state index is 13.5. The first-order valence-corrected chi connectivity index (χ1v) is 7.44. The van der Waals surface area contributed by atoms with Gasteiger partial charge in [-0.25, -0.2) is 9.07 Å². The summed E-state index contributed by atoms with van der Waals surface area (Å²) in [6.07, 6.45) is 1.57. The van der Waals surface area contributed by atoms with Crippen LogP contribution in [0.4, 0.5) is 4.39 Å². The molecule has 0 amide bonds. The summed E-state index contributed by atoms with van der Waals surface area (Å²) in [5.41, 5.74) is 9.48. The molecule has 2 rings (SSSR count). The summed E-state index contributed by atoms with van der Waals surface area (Å²) in [6.45, 7) is 5.91. The van der Waals surface area contributed by atoms with Gasteiger partial charge in [0.1, 0.15) is 11.5 Å². The lowest BCUT2D eigenvalue weighted by Gasteiger charge is -2.12. The van der Waals surface area contributed by atoms with E-state index in [4.69, 9.17) is 5.73 Å². The molecule has 1 aromatic carbocycles. The van der Waals surface area contributed by atoms with Gasteiger partial charge in [-0.1, -0.05) is 19.1 Å². The van der Waals surface area contributed by atoms with Crippen LogP contribution in [0.2, 0.25) is 0 Å². The summed E-state index contributed by atoms with van der Waals surface area (Å²) in [5, 5.41) is 8.41. The molecule has 1 aromatic heterocycles. The van der Waals surface area contributed by atoms with Gasteiger partial charge in [0.25, 0.3) is 0 Å². The SMILES string of the molecule is CCc1c(C(N)CC)nnn1-c1cc(Br)c(F)cc1C. The normalized spacial score (nSPS) is 12.7. The predicted molar refractivity (Wildman–Crippen MR) is 80.4 cm³/mol. The predicted octanol–water partition coefficient (Wildman–Crippen LogP) is 3.45. The highest BCUT2D eigenvalue weighted by atomic mass is 79.9. The minimum Gasteiger partial charge on any atom is -0.323 e. The molecule has 20 heavy (non-hydrogen) atoms. The van der Waals surface area contributed by atoms with Crippen LogP contribution in [-0.4, -0.2) is 15.0 Å². The van der Waals surface area contributed by atoms with Crippen LogP contribution in [0.3, 0.4) is 0 Å². The van der Waals surface area contributed by atoms with Gasteiger partial charge in [-0.3, -0.25) is 0 Å². The van der Waals surface area contributed by atoms with E-state index in [1.54, 1.807) is 10.7 Å². The van der Waals surface area contributed by atoms with E-state index in [0.29, 0.717) is 4.47 Å². The van der Waals surface area contributed by atoms with E-state index in [1.807, 2.05) is 20.8 Å². The van der Waals surface area contributed by atoms with Crippen molar-refractivity contribution < 1.29 is 4.39 Å². The van der Waals surface area contributed by atoms with E-state index in [1.165, 1.54) is 6.07 Å². The Labute approximate surface area is 126 Å². The molecule has 0 aliphatic rings. The smallest absolute Gasteiger partial charge is 0.137 e. The van der Waals surface area contributed by atoms with Gasteiger partial charge in [0.15, 0.2) is 0 Å². The standard InChI is InChI=1S/C14H18BrFN4/c1-4-11(17)14-12(5-2)20(19-18-14)13-7-9(15)10(16)6-8(13)3/h6-7,11H,4-5,17H2,1-3H3. The second kappa shape index (κ2) is 6.01. The lowest BCUT2D eigenvalue weighted by atomic mass is 10.1. The fourth-order valence-corrected chi connectivity index (χ4v) is 2.51. The minimum absolute atomic E-state index is 0.122. The molecule has 108 valence electrons. The Morgan fingerprint density at radius 3 is 2.70 bits per heavy atom. The van der Waals surface area contributed by atoms with Crippen molar-refractivity contribution in [2.24, 2.45) is 5.73 Å². The van der Waals surface area contributed by atoms with Crippen LogP contribution < -0.4 is 5.73 Å². The Kier molecular flexibility index (Phi) is 4.55. The van der Waals surface area contributed by atoms with E-state index in [9.17, 15) is 4.39 Å². The van der Waals surface area contributed by atoms with E-state index in [0.717, 1.165) is 35.5 Å². The van der Waals surface area contributed by atoms with Crippen molar-refractivity contribution in [2.75, 3.05) is 0 Å². The largest absolute Gasteiger partial charge is 0.323 e. The molecule has 0 bridgehead atoms. The number of aromatic nitrogens is 3. The molecule has 2 aromatic rings. The Morgan fingerprint density at radius 1 is 1.40 bits per heavy atom. The van der Waals surface area contributed by atoms with Crippen molar-refractivity contribution in [1.29, 1.82) is 0 Å². The molecule has 1 unspecified atom stereocenters. The Morgan fingerprint density at radius 2 is 2.10 bits per heavy atom. The molecule has 0 saturated carbocycles. The highest BCUT2D eigenvalue weighted by Gasteiger charge is 2.19. The topological polar surface area (TPSA) is 56.7 Å². The molecule has 4 nitrogen and oxygen atoms in total. The first-order valence-electron chi connectivity index (χ1n) is 6.65. The average Bonchev–Trinajstić information content (AvgIpc) is 2.85. The Bertz CT molecular complexity index is 624. The van der Waals surface area contributed by atoms with Gasteiger partial charge in [-0.05, 0) is 53.4 Å². The number of aryl methyl sites for hydroxylation is 1. The van der Waals surface area contributed by atoms with Gasteiger partial charge in [0.2, 0.25) is 0 Å². The third-order valence-corrected chi connectivity index (χ3v) is 3.99. The molecule has 2 N–H and O–H groups in total. The fraction of sp³-hybridized carbons (Fsp3) is 0.429. The van der Waals surface area contributed by atoms with Crippen LogP contribution in [0.25, 0.3) is 5.69 Å². The third kappa shape index (κ3) is 2.62. The van der Waals surface area contributed by atoms with Crippen LogP contribution in [0.15, 0.2) is 16.6 Å². The van der Waals surface area contributed by atoms with E-state index < -0.39 is 0 Å². The molecule has 1 heterocycles. The lowest BCUT2D eigenvalue weighted by Crippen LogP contribution is -2.12. The summed E-state index contributed by atoms with van der Waals surface area (Å²) in [6, 6.07) is 3.09. The quantitative estimate of drug-likeness (QED) is 0.927. The number of nitrogens with zero attached hydrogens (tertiary/aromatic N) is 3. The lowest BCUT2D eigenvalue weighted by molar-refractivity contribution is 0.618. The summed E-state index contributed by atoms with van der Waals surface area (Å²) in [5.74, 6) is -0.283. The Balaban J connectivity index is 2.59. The number of hydrogen-bond acceptors (Lipinski definition) is 3. The van der Waals surface area contributed by atoms with Crippen molar-refractivity contribution in [2.45, 2.75) is 39.7 Å². The zero-order chi connectivity index (χ0) is 14.9. The van der Waals surface area contributed by atoms with Gasteiger partial charge in [0, 0.05) is 0 Å². The third-order valence-electron chi connectivity index (χ3n) is 3.39. The van der Waals surface area contributed by atoms with Crippen molar-refractivity contribution in [1.82, 2.24) is 15.0 Å². The van der Waals surface area contributed by atoms with E-state index >= 15 is 0 Å². The van der Waals surface area contributed by atoms with Crippen LogP contribution in [0.5, 0.6) is 0 Å². The summed E-state index contributed by atoms with van der Waals surface area (Å²) >= 11 is 3.21. The monoisotopic (exact) mass is 340 g/mol. The van der Waals surface area contributed by atoms with Crippen molar-refractivity contribution >= 4 is 15.9 Å². The molecular weight excluding hydrogens is 323 g/mol. The molecule has 0 aliphatic carbocycles. The van der Waals surface area contributed by atoms with E-state index in [2.05, 4.69) is 26.2 Å². The maximum atomic E-state index is 13.5. The van der Waals surface area contributed by atoms with Crippen LogP contribution in [-0.2, 0) is 6.42 Å². The molecule has 0 spiro atoms. The number of rotatable bonds is 4. The van der Waals surface area contributed by atoms with Gasteiger partial charge in [0.05, 0.1) is 21.9 Å². The first kappa shape index (κ1) is 15.1. The van der Waals surface area contributed by atoms with E-state index in [-0.39, 0.29) is 11.9 Å². The molecule has 0 fully saturated rings. The van der Waals surface area contributed by atoms with Crippen molar-refractivity contribution in [3.63, 3.8) is 0 Å². The number of hydrogen-bond donors (Lipinski definition) is 1. The number of halogens is 2. The van der Waals surface area contributed by atoms with Crippen molar-refractivity contribution in [3.05, 3.63) is 39.4 Å². The molecular formula is C14H18BrFN4. The van der Waals surface area contributed by atoms with Crippen LogP contribution >= 0.6 is 15.9 Å². The molecule has 0 aliphatic heterocycles. The highest BCUT2D eigenvalue weighted by molar-refractivity contribution is 9.10. The summed E-state index contributed by atoms with van der Waals surface area (Å²) in [7, 11) is 0. The van der Waals surface area contributed by atoms with Crippen LogP contribution in [0.1, 0.15) is 43.3 Å². The van der Waals surface area contributed by atoms with Crippen molar-refractivity contribution in [3.8, 4) is 5.69 Å². The summed E-state index contributed by atoms with van der Waals surface area (Å²) < 4.78 is 15.7. The molecule has 6 heteroatoms. The fourth-order valence-electron chi connectivity index (χ4n) is 2.18. The maximum Gasteiger partial charge on any atom is 0.137 e. The zero-order valence-electron chi connectivity index (χ0n) is 11.8.